The summed E-state index contributed by atoms with van der Waals surface area (Å²) in [4.78, 5) is 11.4. The van der Waals surface area contributed by atoms with Gasteiger partial charge in [-0.15, -0.1) is 0 Å². The Kier molecular flexibility index (Phi) is 2.97. The number of aryl methyl sites for hydroxylation is 2. The third kappa shape index (κ3) is 2.36. The number of carbonyl (C=O) groups is 1. The molecule has 90 valence electrons. The normalized spacial score (nSPS) is 10.5. The summed E-state index contributed by atoms with van der Waals surface area (Å²) in [5, 5.41) is 4.24. The molecule has 0 unspecified atom stereocenters. The minimum Gasteiger partial charge on any atom is -0.454 e. The minimum atomic E-state index is -0.426. The van der Waals surface area contributed by atoms with Crippen molar-refractivity contribution in [1.82, 2.24) is 15.2 Å². The Hall–Kier alpha value is -2.08. The number of hydrogen-bond donors (Lipinski definition) is 2. The van der Waals surface area contributed by atoms with Crippen LogP contribution in [0.5, 0.6) is 0 Å². The fourth-order valence-corrected chi connectivity index (χ4v) is 1.63. The van der Waals surface area contributed by atoms with E-state index in [1.165, 1.54) is 0 Å². The number of rotatable bonds is 3. The van der Waals surface area contributed by atoms with Crippen LogP contribution in [0, 0.1) is 13.8 Å². The lowest BCUT2D eigenvalue weighted by Gasteiger charge is -1.98. The van der Waals surface area contributed by atoms with E-state index in [0.717, 1.165) is 11.3 Å². The maximum absolute atomic E-state index is 11.4. The highest BCUT2D eigenvalue weighted by Gasteiger charge is 2.14. The number of furan rings is 1. The predicted molar refractivity (Wildman–Crippen MR) is 61.2 cm³/mol. The zero-order chi connectivity index (χ0) is 12.4. The lowest BCUT2D eigenvalue weighted by molar-refractivity contribution is 0.0923. The van der Waals surface area contributed by atoms with Crippen LogP contribution in [-0.2, 0) is 6.54 Å². The molecule has 0 aromatic carbocycles. The predicted octanol–water partition coefficient (Wildman–Crippen LogP) is 0.745. The summed E-state index contributed by atoms with van der Waals surface area (Å²) in [7, 11) is 0. The van der Waals surface area contributed by atoms with Gasteiger partial charge in [-0.05, 0) is 26.0 Å². The largest absolute Gasteiger partial charge is 0.454 e. The summed E-state index contributed by atoms with van der Waals surface area (Å²) in [6.07, 6.45) is 1.86. The first-order valence-electron chi connectivity index (χ1n) is 5.20. The van der Waals surface area contributed by atoms with Gasteiger partial charge < -0.3 is 4.42 Å². The number of carbonyl (C=O) groups excluding carboxylic acids is 1. The smallest absolute Gasteiger partial charge is 0.301 e. The summed E-state index contributed by atoms with van der Waals surface area (Å²) < 4.78 is 7.18. The Morgan fingerprint density at radius 1 is 1.59 bits per heavy atom. The van der Waals surface area contributed by atoms with Crippen molar-refractivity contribution < 1.29 is 9.21 Å². The number of hydrazine groups is 1. The quantitative estimate of drug-likeness (QED) is 0.466. The van der Waals surface area contributed by atoms with Crippen molar-refractivity contribution >= 4 is 5.91 Å². The summed E-state index contributed by atoms with van der Waals surface area (Å²) in [6.45, 7) is 4.20. The van der Waals surface area contributed by atoms with Crippen molar-refractivity contribution in [1.29, 1.82) is 0 Å². The van der Waals surface area contributed by atoms with E-state index in [9.17, 15) is 4.79 Å². The average molecular weight is 234 g/mol. The first kappa shape index (κ1) is 11.4. The molecular weight excluding hydrogens is 220 g/mol. The highest BCUT2D eigenvalue weighted by atomic mass is 16.4. The highest BCUT2D eigenvalue weighted by molar-refractivity contribution is 5.92. The monoisotopic (exact) mass is 234 g/mol. The number of nitrogen functional groups attached to an aromatic ring is 1. The molecular formula is C11H14N4O2. The fraction of sp³-hybridized carbons (Fsp3) is 0.273. The summed E-state index contributed by atoms with van der Waals surface area (Å²) in [5.74, 6) is 5.55. The zero-order valence-corrected chi connectivity index (χ0v) is 9.73. The number of aromatic nitrogens is 2. The van der Waals surface area contributed by atoms with Gasteiger partial charge in [0.15, 0.2) is 5.76 Å². The Morgan fingerprint density at radius 2 is 2.35 bits per heavy atom. The molecule has 0 aliphatic rings. The molecule has 0 aliphatic heterocycles. The van der Waals surface area contributed by atoms with Crippen molar-refractivity contribution in [2.45, 2.75) is 20.4 Å². The fourth-order valence-electron chi connectivity index (χ4n) is 1.63. The molecule has 0 radical (unpaired) electrons. The molecule has 3 N–H and O–H groups in total. The molecule has 6 nitrogen and oxygen atoms in total. The molecule has 17 heavy (non-hydrogen) atoms. The number of amides is 1. The van der Waals surface area contributed by atoms with E-state index in [0.29, 0.717) is 12.3 Å². The standard InChI is InChI=1S/C11H14N4O2/c1-7-5-9(17-10(7)11(16)13-12)6-15-4-3-8(2)14-15/h3-5H,6,12H2,1-2H3,(H,13,16). The molecule has 1 amide bonds. The minimum absolute atomic E-state index is 0.242. The molecule has 0 atom stereocenters. The van der Waals surface area contributed by atoms with Crippen molar-refractivity contribution in [3.05, 3.63) is 41.1 Å². The van der Waals surface area contributed by atoms with E-state index in [1.807, 2.05) is 30.7 Å². The van der Waals surface area contributed by atoms with E-state index >= 15 is 0 Å². The van der Waals surface area contributed by atoms with E-state index in [-0.39, 0.29) is 5.76 Å². The summed E-state index contributed by atoms with van der Waals surface area (Å²) in [6, 6.07) is 3.71. The van der Waals surface area contributed by atoms with Crippen LogP contribution in [0.25, 0.3) is 0 Å². The molecule has 0 saturated heterocycles. The van der Waals surface area contributed by atoms with E-state index in [4.69, 9.17) is 10.3 Å². The lowest BCUT2D eigenvalue weighted by atomic mass is 10.2. The third-order valence-electron chi connectivity index (χ3n) is 2.40. The second-order valence-corrected chi connectivity index (χ2v) is 3.85. The van der Waals surface area contributed by atoms with Gasteiger partial charge in [0.1, 0.15) is 5.76 Å². The van der Waals surface area contributed by atoms with Crippen LogP contribution in [0.15, 0.2) is 22.7 Å². The Morgan fingerprint density at radius 3 is 2.94 bits per heavy atom. The van der Waals surface area contributed by atoms with Gasteiger partial charge in [-0.2, -0.15) is 5.10 Å². The number of hydrogen-bond acceptors (Lipinski definition) is 4. The SMILES string of the molecule is Cc1ccn(Cc2cc(C)c(C(=O)NN)o2)n1. The third-order valence-corrected chi connectivity index (χ3v) is 2.40. The van der Waals surface area contributed by atoms with Crippen LogP contribution in [-0.4, -0.2) is 15.7 Å². The molecule has 2 aromatic rings. The second kappa shape index (κ2) is 4.42. The first-order chi connectivity index (χ1) is 8.10. The van der Waals surface area contributed by atoms with Crippen LogP contribution < -0.4 is 11.3 Å². The van der Waals surface area contributed by atoms with Crippen LogP contribution in [0.2, 0.25) is 0 Å². The summed E-state index contributed by atoms with van der Waals surface area (Å²) >= 11 is 0. The molecule has 0 saturated carbocycles. The molecule has 2 rings (SSSR count). The lowest BCUT2D eigenvalue weighted by Crippen LogP contribution is -2.30. The zero-order valence-electron chi connectivity index (χ0n) is 9.73. The first-order valence-corrected chi connectivity index (χ1v) is 5.20. The van der Waals surface area contributed by atoms with Gasteiger partial charge in [-0.25, -0.2) is 5.84 Å². The number of nitrogens with zero attached hydrogens (tertiary/aromatic N) is 2. The van der Waals surface area contributed by atoms with Crippen LogP contribution in [0.3, 0.4) is 0 Å². The molecule has 0 aliphatic carbocycles. The molecule has 0 bridgehead atoms. The van der Waals surface area contributed by atoms with E-state index in [1.54, 1.807) is 11.6 Å². The molecule has 2 aromatic heterocycles. The maximum Gasteiger partial charge on any atom is 0.301 e. The Labute approximate surface area is 98.4 Å². The highest BCUT2D eigenvalue weighted by Crippen LogP contribution is 2.15. The van der Waals surface area contributed by atoms with E-state index < -0.39 is 5.91 Å². The Balaban J connectivity index is 2.20. The van der Waals surface area contributed by atoms with Crippen LogP contribution in [0.1, 0.15) is 27.6 Å². The number of nitrogens with one attached hydrogen (secondary N) is 1. The van der Waals surface area contributed by atoms with Gasteiger partial charge in [0.25, 0.3) is 0 Å². The van der Waals surface area contributed by atoms with Crippen molar-refractivity contribution in [2.75, 3.05) is 0 Å². The van der Waals surface area contributed by atoms with Gasteiger partial charge in [0, 0.05) is 11.8 Å². The Bertz CT molecular complexity index is 541. The van der Waals surface area contributed by atoms with Gasteiger partial charge >= 0.3 is 5.91 Å². The maximum atomic E-state index is 11.4. The van der Waals surface area contributed by atoms with Crippen molar-refractivity contribution in [3.8, 4) is 0 Å². The van der Waals surface area contributed by atoms with Crippen LogP contribution in [0.4, 0.5) is 0 Å². The molecule has 6 heteroatoms. The summed E-state index contributed by atoms with van der Waals surface area (Å²) in [5.41, 5.74) is 3.74. The average Bonchev–Trinajstić information content (AvgIpc) is 2.85. The van der Waals surface area contributed by atoms with Gasteiger partial charge in [-0.1, -0.05) is 0 Å². The van der Waals surface area contributed by atoms with E-state index in [2.05, 4.69) is 5.10 Å². The number of nitrogens with two attached hydrogens (primary N) is 1. The van der Waals surface area contributed by atoms with Gasteiger partial charge in [0.2, 0.25) is 0 Å². The molecule has 0 spiro atoms. The van der Waals surface area contributed by atoms with Gasteiger partial charge in [-0.3, -0.25) is 14.9 Å². The van der Waals surface area contributed by atoms with Crippen molar-refractivity contribution in [2.24, 2.45) is 5.84 Å². The molecule has 2 heterocycles. The van der Waals surface area contributed by atoms with Crippen molar-refractivity contribution in [3.63, 3.8) is 0 Å². The van der Waals surface area contributed by atoms with Crippen LogP contribution >= 0.6 is 0 Å². The van der Waals surface area contributed by atoms with Gasteiger partial charge in [0.05, 0.1) is 12.2 Å². The second-order valence-electron chi connectivity index (χ2n) is 3.85. The molecule has 0 fully saturated rings. The topological polar surface area (TPSA) is 86.1 Å².